The molecule has 0 aromatic heterocycles. The second kappa shape index (κ2) is 9.26. The van der Waals surface area contributed by atoms with Gasteiger partial charge >= 0.3 is 0 Å². The third-order valence-electron chi connectivity index (χ3n) is 6.06. The van der Waals surface area contributed by atoms with Crippen molar-refractivity contribution >= 4 is 39.9 Å². The summed E-state index contributed by atoms with van der Waals surface area (Å²) in [6.45, 7) is 13.8. The minimum Gasteiger partial charge on any atom is -0.371 e. The summed E-state index contributed by atoms with van der Waals surface area (Å²) in [7, 11) is -1.53. The summed E-state index contributed by atoms with van der Waals surface area (Å²) in [5.74, 6) is 3.30. The molecule has 0 aromatic carbocycles. The predicted molar refractivity (Wildman–Crippen MR) is 121 cm³/mol. The monoisotopic (exact) mass is 504 g/mol. The van der Waals surface area contributed by atoms with Crippen LogP contribution in [0, 0.1) is 11.5 Å². The quantitative estimate of drug-likeness (QED) is 0.256. The zero-order valence-electron chi connectivity index (χ0n) is 17.0. The van der Waals surface area contributed by atoms with E-state index in [-0.39, 0.29) is 18.3 Å². The number of halogens is 2. The van der Waals surface area contributed by atoms with E-state index in [1.165, 1.54) is 0 Å². The molecule has 0 unspecified atom stereocenters. The SMILES string of the molecule is CC[C@H](Br)[C@H]1C[C@@H](Br)[C@H]2C[C@H](O2)[C@H](C/C=C\C#C[Si](C)(C)C(C)(C)C)O1. The van der Waals surface area contributed by atoms with Crippen LogP contribution in [-0.2, 0) is 9.47 Å². The molecule has 3 fully saturated rings. The maximum atomic E-state index is 6.47. The molecule has 3 aliphatic heterocycles. The van der Waals surface area contributed by atoms with E-state index in [0.717, 1.165) is 25.7 Å². The van der Waals surface area contributed by atoms with E-state index in [0.29, 0.717) is 20.8 Å². The highest BCUT2D eigenvalue weighted by Gasteiger charge is 2.44. The standard InChI is InChI=1S/C21H34Br2O2Si/c1-7-15(22)18-13-16(23)19-14-20(25-19)17(24-18)11-9-8-10-12-26(5,6)21(2,3)4/h8-9,15-20H,7,11,13-14H2,1-6H3/b9-8-/t15-,16+,17-,18+,19+,20-/m0/s1. The van der Waals surface area contributed by atoms with Crippen LogP contribution < -0.4 is 0 Å². The number of hydrogen-bond donors (Lipinski definition) is 0. The van der Waals surface area contributed by atoms with E-state index >= 15 is 0 Å². The van der Waals surface area contributed by atoms with Gasteiger partial charge in [-0.25, -0.2) is 0 Å². The average Bonchev–Trinajstić information content (AvgIpc) is 2.47. The normalized spacial score (nSPS) is 33.6. The molecule has 148 valence electrons. The van der Waals surface area contributed by atoms with Gasteiger partial charge in [-0.15, -0.1) is 5.54 Å². The Kier molecular flexibility index (Phi) is 8.08. The molecule has 0 amide bonds. The second-order valence-electron chi connectivity index (χ2n) is 9.12. The van der Waals surface area contributed by atoms with Gasteiger partial charge in [0.2, 0.25) is 0 Å². The Morgan fingerprint density at radius 2 is 1.85 bits per heavy atom. The first-order valence-electron chi connectivity index (χ1n) is 9.82. The molecule has 0 aliphatic carbocycles. The molecule has 3 heterocycles. The maximum Gasteiger partial charge on any atom is 0.138 e. The molecular weight excluding hydrogens is 472 g/mol. The fourth-order valence-electron chi connectivity index (χ4n) is 3.03. The van der Waals surface area contributed by atoms with Gasteiger partial charge in [0.05, 0.1) is 24.4 Å². The van der Waals surface area contributed by atoms with Crippen molar-refractivity contribution < 1.29 is 9.47 Å². The van der Waals surface area contributed by atoms with Gasteiger partial charge in [0.25, 0.3) is 0 Å². The molecule has 2 nitrogen and oxygen atoms in total. The summed E-state index contributed by atoms with van der Waals surface area (Å²) in [6.07, 6.45) is 9.14. The van der Waals surface area contributed by atoms with Crippen LogP contribution in [0.15, 0.2) is 12.2 Å². The van der Waals surface area contributed by atoms with Gasteiger partial charge in [-0.05, 0) is 30.4 Å². The Morgan fingerprint density at radius 3 is 2.42 bits per heavy atom. The number of rotatable bonds is 4. The molecule has 0 saturated carbocycles. The van der Waals surface area contributed by atoms with Crippen molar-refractivity contribution in [2.24, 2.45) is 0 Å². The van der Waals surface area contributed by atoms with Crippen LogP contribution in [0.4, 0.5) is 0 Å². The molecule has 3 saturated heterocycles. The smallest absolute Gasteiger partial charge is 0.138 e. The minimum atomic E-state index is -1.53. The van der Waals surface area contributed by atoms with Crippen molar-refractivity contribution in [1.82, 2.24) is 0 Å². The molecule has 26 heavy (non-hydrogen) atoms. The lowest BCUT2D eigenvalue weighted by molar-refractivity contribution is -0.213. The van der Waals surface area contributed by atoms with Crippen LogP contribution in [0.5, 0.6) is 0 Å². The van der Waals surface area contributed by atoms with Crippen molar-refractivity contribution in [3.05, 3.63) is 12.2 Å². The summed E-state index contributed by atoms with van der Waals surface area (Å²) in [4.78, 5) is 0.784. The molecule has 3 rings (SSSR count). The topological polar surface area (TPSA) is 18.5 Å². The van der Waals surface area contributed by atoms with Gasteiger partial charge in [0.1, 0.15) is 8.07 Å². The van der Waals surface area contributed by atoms with Gasteiger partial charge in [0.15, 0.2) is 0 Å². The number of ether oxygens (including phenoxy) is 2. The maximum absolute atomic E-state index is 6.47. The van der Waals surface area contributed by atoms with Crippen LogP contribution in [0.2, 0.25) is 18.1 Å². The Labute approximate surface area is 178 Å². The van der Waals surface area contributed by atoms with E-state index in [4.69, 9.17) is 9.47 Å². The van der Waals surface area contributed by atoms with Crippen molar-refractivity contribution in [2.45, 2.75) is 106 Å². The predicted octanol–water partition coefficient (Wildman–Crippen LogP) is 6.24. The third kappa shape index (κ3) is 5.70. The summed E-state index contributed by atoms with van der Waals surface area (Å²) >= 11 is 7.59. The average molecular weight is 506 g/mol. The van der Waals surface area contributed by atoms with Crippen LogP contribution >= 0.6 is 31.9 Å². The lowest BCUT2D eigenvalue weighted by Crippen LogP contribution is -2.55. The van der Waals surface area contributed by atoms with Gasteiger partial charge in [-0.1, -0.05) is 84.6 Å². The largest absolute Gasteiger partial charge is 0.371 e. The molecule has 0 N–H and O–H groups in total. The van der Waals surface area contributed by atoms with Gasteiger partial charge in [-0.3, -0.25) is 0 Å². The van der Waals surface area contributed by atoms with Crippen LogP contribution in [0.3, 0.4) is 0 Å². The zero-order valence-corrected chi connectivity index (χ0v) is 21.2. The molecule has 2 bridgehead atoms. The highest BCUT2D eigenvalue weighted by Crippen LogP contribution is 2.39. The molecule has 5 heteroatoms. The van der Waals surface area contributed by atoms with E-state index in [1.54, 1.807) is 0 Å². The van der Waals surface area contributed by atoms with Crippen LogP contribution in [0.25, 0.3) is 0 Å². The Morgan fingerprint density at radius 1 is 1.19 bits per heavy atom. The number of fused-ring (bicyclic) bond motifs is 4. The minimum absolute atomic E-state index is 0.133. The molecule has 0 radical (unpaired) electrons. The van der Waals surface area contributed by atoms with E-state index in [2.05, 4.69) is 90.2 Å². The Hall–Kier alpha value is 0.397. The second-order valence-corrected chi connectivity index (χ2v) is 16.5. The van der Waals surface area contributed by atoms with E-state index in [1.807, 2.05) is 6.08 Å². The van der Waals surface area contributed by atoms with Gasteiger partial charge in [0, 0.05) is 16.1 Å². The summed E-state index contributed by atoms with van der Waals surface area (Å²) < 4.78 is 12.5. The summed E-state index contributed by atoms with van der Waals surface area (Å²) in [5, 5.41) is 0.301. The van der Waals surface area contributed by atoms with Crippen LogP contribution in [0.1, 0.15) is 53.4 Å². The number of hydrogen-bond acceptors (Lipinski definition) is 2. The van der Waals surface area contributed by atoms with Gasteiger partial charge < -0.3 is 9.47 Å². The third-order valence-corrected chi connectivity index (χ3v) is 12.8. The molecule has 0 spiro atoms. The zero-order chi connectivity index (χ0) is 19.5. The summed E-state index contributed by atoms with van der Waals surface area (Å²) in [6, 6.07) is 0. The fourth-order valence-corrected chi connectivity index (χ4v) is 4.90. The van der Waals surface area contributed by atoms with E-state index < -0.39 is 8.07 Å². The van der Waals surface area contributed by atoms with Crippen molar-refractivity contribution in [1.29, 1.82) is 0 Å². The van der Waals surface area contributed by atoms with Crippen LogP contribution in [-0.4, -0.2) is 42.1 Å². The van der Waals surface area contributed by atoms with Crippen molar-refractivity contribution in [3.63, 3.8) is 0 Å². The highest BCUT2D eigenvalue weighted by molar-refractivity contribution is 9.09. The molecule has 6 atom stereocenters. The highest BCUT2D eigenvalue weighted by atomic mass is 79.9. The molecule has 0 aromatic rings. The lowest BCUT2D eigenvalue weighted by Gasteiger charge is -2.47. The van der Waals surface area contributed by atoms with Crippen molar-refractivity contribution in [3.8, 4) is 11.5 Å². The first-order valence-corrected chi connectivity index (χ1v) is 14.6. The number of alkyl halides is 2. The lowest BCUT2D eigenvalue weighted by atomic mass is 9.90. The summed E-state index contributed by atoms with van der Waals surface area (Å²) in [5.41, 5.74) is 3.54. The number of allylic oxidation sites excluding steroid dienone is 1. The first kappa shape index (κ1) is 22.7. The first-order chi connectivity index (χ1) is 12.0. The van der Waals surface area contributed by atoms with E-state index in [9.17, 15) is 0 Å². The molecular formula is C21H34Br2O2Si. The Balaban J connectivity index is 1.97. The van der Waals surface area contributed by atoms with Crippen molar-refractivity contribution in [2.75, 3.05) is 0 Å². The fraction of sp³-hybridized carbons (Fsp3) is 0.810. The molecule has 3 aliphatic rings. The van der Waals surface area contributed by atoms with Gasteiger partial charge in [-0.2, -0.15) is 0 Å². The Bertz CT molecular complexity index is 553.